The van der Waals surface area contributed by atoms with Crippen molar-refractivity contribution in [3.63, 3.8) is 0 Å². The Morgan fingerprint density at radius 1 is 0.947 bits per heavy atom. The van der Waals surface area contributed by atoms with Gasteiger partial charge in [-0.1, -0.05) is 36.4 Å². The molecular formula is C27H28F3N5O3. The van der Waals surface area contributed by atoms with Crippen molar-refractivity contribution < 1.29 is 27.9 Å². The molecule has 1 aliphatic heterocycles. The summed E-state index contributed by atoms with van der Waals surface area (Å²) in [7, 11) is 4.22. The minimum atomic E-state index is -5.08. The number of fused-ring (bicyclic) bond motifs is 1. The first-order valence-corrected chi connectivity index (χ1v) is 12.0. The van der Waals surface area contributed by atoms with E-state index in [1.54, 1.807) is 10.9 Å². The van der Waals surface area contributed by atoms with E-state index in [2.05, 4.69) is 65.0 Å². The zero-order valence-electron chi connectivity index (χ0n) is 21.0. The summed E-state index contributed by atoms with van der Waals surface area (Å²) >= 11 is 0. The molecule has 11 heteroatoms. The van der Waals surface area contributed by atoms with Crippen molar-refractivity contribution in [3.05, 3.63) is 78.8 Å². The topological polar surface area (TPSA) is 83.1 Å². The molecule has 0 bridgehead atoms. The van der Waals surface area contributed by atoms with Crippen LogP contribution in [0, 0.1) is 0 Å². The third-order valence-electron chi connectivity index (χ3n) is 6.54. The Kier molecular flexibility index (Phi) is 7.86. The summed E-state index contributed by atoms with van der Waals surface area (Å²) in [4.78, 5) is 26.4. The van der Waals surface area contributed by atoms with Crippen LogP contribution in [0.15, 0.2) is 73.1 Å². The average Bonchev–Trinajstić information content (AvgIpc) is 3.55. The number of hydrogen-bond acceptors (Lipinski definition) is 4. The van der Waals surface area contributed by atoms with Gasteiger partial charge in [0.2, 0.25) is 0 Å². The highest BCUT2D eigenvalue weighted by Crippen LogP contribution is 2.24. The van der Waals surface area contributed by atoms with E-state index in [0.29, 0.717) is 11.7 Å². The molecule has 5 rings (SSSR count). The van der Waals surface area contributed by atoms with Crippen LogP contribution in [0.4, 0.5) is 13.2 Å². The van der Waals surface area contributed by atoms with Crippen LogP contribution in [-0.4, -0.2) is 80.4 Å². The van der Waals surface area contributed by atoms with Crippen molar-refractivity contribution >= 4 is 17.4 Å². The molecule has 200 valence electrons. The molecule has 0 unspecified atom stereocenters. The molecule has 0 aliphatic carbocycles. The molecule has 1 fully saturated rings. The number of amides is 1. The maximum Gasteiger partial charge on any atom is 0.490 e. The molecule has 0 spiro atoms. The highest BCUT2D eigenvalue weighted by molar-refractivity contribution is 5.93. The Labute approximate surface area is 217 Å². The second-order valence-corrected chi connectivity index (χ2v) is 9.19. The number of carboxylic acids is 1. The summed E-state index contributed by atoms with van der Waals surface area (Å²) in [6.07, 6.45) is 0.738. The number of piperidine rings is 1. The normalized spacial score (nSPS) is 14.4. The number of aromatic nitrogens is 3. The van der Waals surface area contributed by atoms with Crippen LogP contribution in [-0.2, 0) is 4.79 Å². The van der Waals surface area contributed by atoms with E-state index >= 15 is 0 Å². The maximum atomic E-state index is 13.3. The SMILES string of the molecule is CN(C)C1CCN(C(=O)c2ccnn2-c2ccc3ccc(-c4ccccc4)cn23)CC1.O=C(O)C(F)(F)F. The number of likely N-dealkylation sites (tertiary alicyclic amines) is 1. The second-order valence-electron chi connectivity index (χ2n) is 9.19. The Bertz CT molecular complexity index is 1400. The van der Waals surface area contributed by atoms with E-state index in [4.69, 9.17) is 9.90 Å². The highest BCUT2D eigenvalue weighted by Gasteiger charge is 2.38. The third kappa shape index (κ3) is 5.88. The van der Waals surface area contributed by atoms with Gasteiger partial charge in [0.15, 0.2) is 0 Å². The van der Waals surface area contributed by atoms with Crippen molar-refractivity contribution in [2.24, 2.45) is 0 Å². The Morgan fingerprint density at radius 2 is 1.58 bits per heavy atom. The molecule has 1 aliphatic rings. The number of carboxylic acid groups (broad SMARTS) is 1. The fourth-order valence-electron chi connectivity index (χ4n) is 4.46. The summed E-state index contributed by atoms with van der Waals surface area (Å²) in [6.45, 7) is 1.56. The highest BCUT2D eigenvalue weighted by atomic mass is 19.4. The molecule has 4 heterocycles. The molecule has 0 radical (unpaired) electrons. The van der Waals surface area contributed by atoms with Crippen molar-refractivity contribution in [1.82, 2.24) is 24.0 Å². The summed E-state index contributed by atoms with van der Waals surface area (Å²) in [5, 5.41) is 11.6. The van der Waals surface area contributed by atoms with Crippen LogP contribution < -0.4 is 0 Å². The molecule has 0 saturated carbocycles. The zero-order valence-corrected chi connectivity index (χ0v) is 21.0. The Morgan fingerprint density at radius 3 is 2.18 bits per heavy atom. The number of nitrogens with zero attached hydrogens (tertiary/aromatic N) is 5. The summed E-state index contributed by atoms with van der Waals surface area (Å²) in [5.41, 5.74) is 3.95. The van der Waals surface area contributed by atoms with Crippen molar-refractivity contribution in [3.8, 4) is 16.9 Å². The fraction of sp³-hybridized carbons (Fsp3) is 0.296. The van der Waals surface area contributed by atoms with Gasteiger partial charge in [-0.3, -0.25) is 4.79 Å². The number of aliphatic carboxylic acids is 1. The van der Waals surface area contributed by atoms with Gasteiger partial charge in [-0.2, -0.15) is 18.3 Å². The number of carbonyl (C=O) groups is 2. The molecule has 1 aromatic carbocycles. The minimum absolute atomic E-state index is 0.0453. The molecule has 1 amide bonds. The third-order valence-corrected chi connectivity index (χ3v) is 6.54. The van der Waals surface area contributed by atoms with Crippen LogP contribution in [0.2, 0.25) is 0 Å². The molecule has 0 atom stereocenters. The summed E-state index contributed by atoms with van der Waals surface area (Å²) in [6, 6.07) is 21.0. The van der Waals surface area contributed by atoms with Gasteiger partial charge in [-0.05, 0) is 62.3 Å². The molecule has 3 aromatic heterocycles. The van der Waals surface area contributed by atoms with Gasteiger partial charge in [-0.25, -0.2) is 9.48 Å². The summed E-state index contributed by atoms with van der Waals surface area (Å²) in [5.74, 6) is -1.85. The Balaban J connectivity index is 0.000000426. The van der Waals surface area contributed by atoms with Gasteiger partial charge in [-0.15, -0.1) is 0 Å². The van der Waals surface area contributed by atoms with Crippen LogP contribution in [0.1, 0.15) is 23.3 Å². The molecule has 1 saturated heterocycles. The number of carbonyl (C=O) groups excluding carboxylic acids is 1. The fourth-order valence-corrected chi connectivity index (χ4v) is 4.46. The first-order valence-electron chi connectivity index (χ1n) is 12.0. The molecular weight excluding hydrogens is 499 g/mol. The van der Waals surface area contributed by atoms with Gasteiger partial charge in [0, 0.05) is 30.8 Å². The predicted octanol–water partition coefficient (Wildman–Crippen LogP) is 4.59. The lowest BCUT2D eigenvalue weighted by Crippen LogP contribution is -2.44. The average molecular weight is 528 g/mol. The van der Waals surface area contributed by atoms with Crippen LogP contribution in [0.3, 0.4) is 0 Å². The van der Waals surface area contributed by atoms with Gasteiger partial charge < -0.3 is 19.3 Å². The smallest absolute Gasteiger partial charge is 0.475 e. The van der Waals surface area contributed by atoms with E-state index in [0.717, 1.165) is 48.4 Å². The van der Waals surface area contributed by atoms with Crippen LogP contribution >= 0.6 is 0 Å². The zero-order chi connectivity index (χ0) is 27.4. The van der Waals surface area contributed by atoms with Crippen molar-refractivity contribution in [2.45, 2.75) is 25.1 Å². The quantitative estimate of drug-likeness (QED) is 0.420. The van der Waals surface area contributed by atoms with Gasteiger partial charge >= 0.3 is 12.1 Å². The lowest BCUT2D eigenvalue weighted by atomic mass is 10.0. The number of rotatable bonds is 4. The maximum absolute atomic E-state index is 13.3. The van der Waals surface area contributed by atoms with E-state index < -0.39 is 12.1 Å². The first-order chi connectivity index (χ1) is 18.1. The van der Waals surface area contributed by atoms with Gasteiger partial charge in [0.1, 0.15) is 11.5 Å². The van der Waals surface area contributed by atoms with Crippen molar-refractivity contribution in [2.75, 3.05) is 27.2 Å². The first kappa shape index (κ1) is 26.9. The molecule has 1 N–H and O–H groups in total. The number of halogens is 3. The van der Waals surface area contributed by atoms with E-state index in [9.17, 15) is 18.0 Å². The van der Waals surface area contributed by atoms with Gasteiger partial charge in [0.25, 0.3) is 5.91 Å². The number of hydrogen-bond donors (Lipinski definition) is 1. The Hall–Kier alpha value is -4.12. The van der Waals surface area contributed by atoms with E-state index in [1.165, 1.54) is 0 Å². The van der Waals surface area contributed by atoms with Crippen LogP contribution in [0.25, 0.3) is 22.5 Å². The van der Waals surface area contributed by atoms with E-state index in [1.807, 2.05) is 35.2 Å². The molecule has 4 aromatic rings. The van der Waals surface area contributed by atoms with E-state index in [-0.39, 0.29) is 5.91 Å². The molecule has 8 nitrogen and oxygen atoms in total. The van der Waals surface area contributed by atoms with Crippen molar-refractivity contribution in [1.29, 1.82) is 0 Å². The number of pyridine rings is 1. The second kappa shape index (κ2) is 11.1. The minimum Gasteiger partial charge on any atom is -0.475 e. The summed E-state index contributed by atoms with van der Waals surface area (Å²) < 4.78 is 35.6. The standard InChI is InChI=1S/C25H27N5O.C2HF3O2/c1-27(2)21-13-16-28(17-14-21)25(31)23-12-15-26-30(23)24-11-10-22-9-8-20(18-29(22)24)19-6-4-3-5-7-19;3-2(4,5)1(6)7/h3-12,15,18,21H,13-14,16-17H2,1-2H3;(H,6,7). The van der Waals surface area contributed by atoms with Gasteiger partial charge in [0.05, 0.1) is 6.20 Å². The predicted molar refractivity (Wildman–Crippen MR) is 136 cm³/mol. The molecule has 38 heavy (non-hydrogen) atoms. The lowest BCUT2D eigenvalue weighted by Gasteiger charge is -2.35. The number of benzene rings is 1. The lowest BCUT2D eigenvalue weighted by molar-refractivity contribution is -0.192. The number of alkyl halides is 3. The van der Waals surface area contributed by atoms with Crippen LogP contribution in [0.5, 0.6) is 0 Å². The monoisotopic (exact) mass is 527 g/mol. The largest absolute Gasteiger partial charge is 0.490 e.